The number of imidazole rings is 1. The third-order valence-corrected chi connectivity index (χ3v) is 2.93. The van der Waals surface area contributed by atoms with E-state index in [1.807, 2.05) is 36.4 Å². The third-order valence-electron chi connectivity index (χ3n) is 2.93. The highest BCUT2D eigenvalue weighted by Crippen LogP contribution is 2.15. The molecule has 0 aromatic carbocycles. The number of nitrogens with one attached hydrogen (secondary N) is 1. The third kappa shape index (κ3) is 3.13. The molecule has 2 rings (SSSR count). The second kappa shape index (κ2) is 6.26. The van der Waals surface area contributed by atoms with Crippen LogP contribution in [0.3, 0.4) is 0 Å². The molecule has 0 fully saturated rings. The summed E-state index contributed by atoms with van der Waals surface area (Å²) in [6.45, 7) is 3.14. The molecule has 5 heteroatoms. The zero-order valence-corrected chi connectivity index (χ0v) is 10.9. The van der Waals surface area contributed by atoms with Gasteiger partial charge in [0.2, 0.25) is 0 Å². The molecule has 1 N–H and O–H groups in total. The fraction of sp³-hybridized carbons (Fsp3) is 0.462. The topological polar surface area (TPSA) is 55.6 Å². The van der Waals surface area contributed by atoms with Crippen molar-refractivity contribution in [3.63, 3.8) is 0 Å². The Bertz CT molecular complexity index is 465. The van der Waals surface area contributed by atoms with Crippen molar-refractivity contribution in [2.75, 3.05) is 6.54 Å². The lowest BCUT2D eigenvalue weighted by atomic mass is 10.1. The molecular formula is C13H19N5. The van der Waals surface area contributed by atoms with Gasteiger partial charge in [-0.25, -0.2) is 15.0 Å². The maximum absolute atomic E-state index is 4.37. The Morgan fingerprint density at radius 1 is 1.33 bits per heavy atom. The molecule has 1 unspecified atom stereocenters. The molecule has 0 spiro atoms. The van der Waals surface area contributed by atoms with E-state index in [1.54, 1.807) is 6.33 Å². The highest BCUT2D eigenvalue weighted by atomic mass is 15.0. The maximum Gasteiger partial charge on any atom is 0.115 e. The van der Waals surface area contributed by atoms with Crippen molar-refractivity contribution in [1.82, 2.24) is 24.8 Å². The molecule has 96 valence electrons. The van der Waals surface area contributed by atoms with E-state index >= 15 is 0 Å². The molecule has 2 aromatic heterocycles. The second-order valence-electron chi connectivity index (χ2n) is 4.34. The maximum atomic E-state index is 4.37. The Morgan fingerprint density at radius 2 is 2.11 bits per heavy atom. The van der Waals surface area contributed by atoms with E-state index in [0.29, 0.717) is 0 Å². The van der Waals surface area contributed by atoms with E-state index in [2.05, 4.69) is 27.2 Å². The van der Waals surface area contributed by atoms with Crippen molar-refractivity contribution in [2.45, 2.75) is 25.8 Å². The van der Waals surface area contributed by atoms with Crippen molar-refractivity contribution in [1.29, 1.82) is 0 Å². The zero-order chi connectivity index (χ0) is 12.8. The first-order valence-electron chi connectivity index (χ1n) is 6.25. The van der Waals surface area contributed by atoms with Crippen molar-refractivity contribution in [3.05, 3.63) is 42.5 Å². The van der Waals surface area contributed by atoms with E-state index in [0.717, 1.165) is 30.8 Å². The van der Waals surface area contributed by atoms with Crippen LogP contribution in [0, 0.1) is 0 Å². The molecule has 0 aliphatic rings. The summed E-state index contributed by atoms with van der Waals surface area (Å²) < 4.78 is 2.05. The lowest BCUT2D eigenvalue weighted by Crippen LogP contribution is -2.25. The largest absolute Gasteiger partial charge is 0.338 e. The minimum absolute atomic E-state index is 0.215. The summed E-state index contributed by atoms with van der Waals surface area (Å²) >= 11 is 0. The second-order valence-corrected chi connectivity index (χ2v) is 4.34. The standard InChI is InChI=1S/C13H19N5/c1-3-4-16-12(11-8-14-10-15-9-11)7-13-17-5-6-18(13)2/h5-6,8-10,12,16H,3-4,7H2,1-2H3. The van der Waals surface area contributed by atoms with Crippen molar-refractivity contribution in [2.24, 2.45) is 7.05 Å². The van der Waals surface area contributed by atoms with Gasteiger partial charge in [-0.1, -0.05) is 6.92 Å². The fourth-order valence-corrected chi connectivity index (χ4v) is 1.89. The van der Waals surface area contributed by atoms with E-state index in [4.69, 9.17) is 0 Å². The van der Waals surface area contributed by atoms with E-state index in [-0.39, 0.29) is 6.04 Å². The number of nitrogens with zero attached hydrogens (tertiary/aromatic N) is 4. The first-order chi connectivity index (χ1) is 8.81. The minimum Gasteiger partial charge on any atom is -0.338 e. The summed E-state index contributed by atoms with van der Waals surface area (Å²) in [6, 6.07) is 0.215. The van der Waals surface area contributed by atoms with Gasteiger partial charge in [-0.3, -0.25) is 0 Å². The molecule has 0 amide bonds. The molecule has 0 radical (unpaired) electrons. The van der Waals surface area contributed by atoms with Crippen LogP contribution >= 0.6 is 0 Å². The molecule has 0 aliphatic carbocycles. The summed E-state index contributed by atoms with van der Waals surface area (Å²) in [5.41, 5.74) is 1.11. The van der Waals surface area contributed by atoms with Gasteiger partial charge < -0.3 is 9.88 Å². The van der Waals surface area contributed by atoms with Crippen LogP contribution in [0.15, 0.2) is 31.1 Å². The van der Waals surface area contributed by atoms with Crippen LogP contribution < -0.4 is 5.32 Å². The van der Waals surface area contributed by atoms with Crippen molar-refractivity contribution < 1.29 is 0 Å². The van der Waals surface area contributed by atoms with Gasteiger partial charge in [0.05, 0.1) is 0 Å². The lowest BCUT2D eigenvalue weighted by Gasteiger charge is -2.18. The summed E-state index contributed by atoms with van der Waals surface area (Å²) in [7, 11) is 2.01. The van der Waals surface area contributed by atoms with Crippen LogP contribution in [0.2, 0.25) is 0 Å². The molecule has 0 bridgehead atoms. The first kappa shape index (κ1) is 12.7. The predicted octanol–water partition coefficient (Wildman–Crippen LogP) is 1.49. The average Bonchev–Trinajstić information content (AvgIpc) is 2.81. The molecule has 2 heterocycles. The number of hydrogen-bond acceptors (Lipinski definition) is 4. The molecule has 1 atom stereocenters. The summed E-state index contributed by atoms with van der Waals surface area (Å²) in [4.78, 5) is 12.5. The number of hydrogen-bond donors (Lipinski definition) is 1. The van der Waals surface area contributed by atoms with E-state index < -0.39 is 0 Å². The van der Waals surface area contributed by atoms with Gasteiger partial charge >= 0.3 is 0 Å². The van der Waals surface area contributed by atoms with Crippen LogP contribution in [0.5, 0.6) is 0 Å². The van der Waals surface area contributed by atoms with Crippen LogP contribution in [0.4, 0.5) is 0 Å². The van der Waals surface area contributed by atoms with Crippen LogP contribution in [-0.4, -0.2) is 26.1 Å². The van der Waals surface area contributed by atoms with Gasteiger partial charge in [0.15, 0.2) is 0 Å². The molecular weight excluding hydrogens is 226 g/mol. The van der Waals surface area contributed by atoms with Crippen molar-refractivity contribution >= 4 is 0 Å². The quantitative estimate of drug-likeness (QED) is 0.838. The highest BCUT2D eigenvalue weighted by Gasteiger charge is 2.14. The van der Waals surface area contributed by atoms with Crippen LogP contribution in [0.25, 0.3) is 0 Å². The average molecular weight is 245 g/mol. The van der Waals surface area contributed by atoms with Gasteiger partial charge in [-0.15, -0.1) is 0 Å². The monoisotopic (exact) mass is 245 g/mol. The summed E-state index contributed by atoms with van der Waals surface area (Å²) in [6.07, 6.45) is 11.0. The number of aromatic nitrogens is 4. The van der Waals surface area contributed by atoms with Gasteiger partial charge in [0.1, 0.15) is 12.2 Å². The Morgan fingerprint density at radius 3 is 2.72 bits per heavy atom. The van der Waals surface area contributed by atoms with Gasteiger partial charge in [-0.2, -0.15) is 0 Å². The molecule has 18 heavy (non-hydrogen) atoms. The van der Waals surface area contributed by atoms with Gasteiger partial charge in [-0.05, 0) is 13.0 Å². The van der Waals surface area contributed by atoms with E-state index in [1.165, 1.54) is 0 Å². The Hall–Kier alpha value is -1.75. The number of rotatable bonds is 6. The minimum atomic E-state index is 0.215. The SMILES string of the molecule is CCCNC(Cc1nccn1C)c1cncnc1. The van der Waals surface area contributed by atoms with Crippen LogP contribution in [0.1, 0.15) is 30.8 Å². The smallest absolute Gasteiger partial charge is 0.115 e. The molecule has 0 aliphatic heterocycles. The molecule has 0 saturated carbocycles. The van der Waals surface area contributed by atoms with Gasteiger partial charge in [0.25, 0.3) is 0 Å². The molecule has 5 nitrogen and oxygen atoms in total. The van der Waals surface area contributed by atoms with E-state index in [9.17, 15) is 0 Å². The Balaban J connectivity index is 2.13. The Kier molecular flexibility index (Phi) is 4.41. The normalized spacial score (nSPS) is 12.6. The lowest BCUT2D eigenvalue weighted by molar-refractivity contribution is 0.509. The molecule has 2 aromatic rings. The van der Waals surface area contributed by atoms with Gasteiger partial charge in [0, 0.05) is 49.9 Å². The summed E-state index contributed by atoms with van der Waals surface area (Å²) in [5.74, 6) is 1.06. The van der Waals surface area contributed by atoms with Crippen LogP contribution in [-0.2, 0) is 13.5 Å². The highest BCUT2D eigenvalue weighted by molar-refractivity contribution is 5.12. The molecule has 0 saturated heterocycles. The first-order valence-corrected chi connectivity index (χ1v) is 6.25. The fourth-order valence-electron chi connectivity index (χ4n) is 1.89. The Labute approximate surface area is 107 Å². The predicted molar refractivity (Wildman–Crippen MR) is 70.0 cm³/mol. The number of aryl methyl sites for hydroxylation is 1. The summed E-state index contributed by atoms with van der Waals surface area (Å²) in [5, 5.41) is 3.52. The zero-order valence-electron chi connectivity index (χ0n) is 10.9. The van der Waals surface area contributed by atoms with Crippen molar-refractivity contribution in [3.8, 4) is 0 Å².